The Balaban J connectivity index is 1.95. The lowest BCUT2D eigenvalue weighted by Crippen LogP contribution is -2.42. The van der Waals surface area contributed by atoms with Gasteiger partial charge in [-0.25, -0.2) is 4.79 Å². The molecule has 0 aliphatic carbocycles. The van der Waals surface area contributed by atoms with Gasteiger partial charge in [0.15, 0.2) is 11.5 Å². The number of carbonyl (C=O) groups is 2. The number of amides is 1. The van der Waals surface area contributed by atoms with Crippen LogP contribution >= 0.6 is 11.8 Å². The number of esters is 1. The fourth-order valence-electron chi connectivity index (χ4n) is 1.94. The minimum atomic E-state index is -0.840. The average Bonchev–Trinajstić information content (AvgIpc) is 2.94. The van der Waals surface area contributed by atoms with Gasteiger partial charge in [0, 0.05) is 12.3 Å². The molecule has 1 aliphatic rings. The lowest BCUT2D eigenvalue weighted by molar-refractivity contribution is -0.160. The summed E-state index contributed by atoms with van der Waals surface area (Å²) in [5.41, 5.74) is 0. The topological polar surface area (TPSA) is 76.1 Å². The molecule has 0 bridgehead atoms. The van der Waals surface area contributed by atoms with Crippen LogP contribution in [0, 0.1) is 0 Å². The van der Waals surface area contributed by atoms with Gasteiger partial charge in [0.05, 0.1) is 6.61 Å². The maximum atomic E-state index is 12.0. The zero-order chi connectivity index (χ0) is 15.2. The van der Waals surface area contributed by atoms with Gasteiger partial charge in [-0.1, -0.05) is 12.1 Å². The Kier molecular flexibility index (Phi) is 5.32. The third kappa shape index (κ3) is 3.81. The number of phenolic OH excluding ortho intramolecular Hbond substituents is 1. The highest BCUT2D eigenvalue weighted by molar-refractivity contribution is 8.00. The number of para-hydroxylation sites is 2. The van der Waals surface area contributed by atoms with Gasteiger partial charge >= 0.3 is 11.9 Å². The van der Waals surface area contributed by atoms with Crippen LogP contribution in [0.25, 0.3) is 0 Å². The quantitative estimate of drug-likeness (QED) is 0.666. The van der Waals surface area contributed by atoms with Crippen molar-refractivity contribution in [3.8, 4) is 11.5 Å². The van der Waals surface area contributed by atoms with Crippen molar-refractivity contribution in [2.75, 3.05) is 25.5 Å². The normalized spacial score (nSPS) is 17.6. The van der Waals surface area contributed by atoms with Crippen LogP contribution in [-0.2, 0) is 14.3 Å². The monoisotopic (exact) mass is 311 g/mol. The number of ether oxygens (including phenoxy) is 2. The molecule has 1 fully saturated rings. The van der Waals surface area contributed by atoms with Gasteiger partial charge in [0.2, 0.25) is 0 Å². The first-order valence-electron chi connectivity index (χ1n) is 6.63. The summed E-state index contributed by atoms with van der Waals surface area (Å²) in [5.74, 6) is -0.350. The van der Waals surface area contributed by atoms with Crippen molar-refractivity contribution in [3.63, 3.8) is 0 Å². The molecular formula is C14H17NO5S. The van der Waals surface area contributed by atoms with E-state index in [-0.39, 0.29) is 24.3 Å². The van der Waals surface area contributed by atoms with Crippen LogP contribution in [0.1, 0.15) is 6.92 Å². The molecule has 1 heterocycles. The van der Waals surface area contributed by atoms with E-state index < -0.39 is 11.9 Å². The van der Waals surface area contributed by atoms with Crippen molar-refractivity contribution >= 4 is 23.6 Å². The number of phenols is 1. The Bertz CT molecular complexity index is 522. The van der Waals surface area contributed by atoms with Crippen molar-refractivity contribution < 1.29 is 24.2 Å². The smallest absolute Gasteiger partial charge is 0.397 e. The zero-order valence-electron chi connectivity index (χ0n) is 11.7. The number of nitrogens with zero attached hydrogens (tertiary/aromatic N) is 1. The highest BCUT2D eigenvalue weighted by atomic mass is 32.2. The Hall–Kier alpha value is -1.89. The molecule has 21 heavy (non-hydrogen) atoms. The van der Waals surface area contributed by atoms with Crippen molar-refractivity contribution in [2.45, 2.75) is 12.3 Å². The molecular weight excluding hydrogens is 294 g/mol. The van der Waals surface area contributed by atoms with Gasteiger partial charge in [-0.15, -0.1) is 11.8 Å². The van der Waals surface area contributed by atoms with Gasteiger partial charge in [-0.2, -0.15) is 0 Å². The van der Waals surface area contributed by atoms with E-state index in [4.69, 9.17) is 9.47 Å². The molecule has 1 amide bonds. The number of carbonyl (C=O) groups excluding carboxylic acids is 2. The average molecular weight is 311 g/mol. The standard InChI is InChI=1S/C14H17NO5S/c1-2-19-14(18)13(17)15-7-8-21-12(15)9-20-11-6-4-3-5-10(11)16/h3-6,12,16H,2,7-9H2,1H3. The van der Waals surface area contributed by atoms with Crippen LogP contribution in [0.3, 0.4) is 0 Å². The largest absolute Gasteiger partial charge is 0.504 e. The maximum absolute atomic E-state index is 12.0. The molecule has 114 valence electrons. The lowest BCUT2D eigenvalue weighted by Gasteiger charge is -2.22. The Morgan fingerprint density at radius 1 is 1.43 bits per heavy atom. The van der Waals surface area contributed by atoms with Gasteiger partial charge in [-0.3, -0.25) is 4.79 Å². The van der Waals surface area contributed by atoms with Crippen LogP contribution in [0.4, 0.5) is 0 Å². The second kappa shape index (κ2) is 7.21. The first-order valence-corrected chi connectivity index (χ1v) is 7.68. The van der Waals surface area contributed by atoms with E-state index in [1.807, 2.05) is 0 Å². The fourth-order valence-corrected chi connectivity index (χ4v) is 3.06. The molecule has 7 heteroatoms. The molecule has 0 radical (unpaired) electrons. The minimum Gasteiger partial charge on any atom is -0.504 e. The summed E-state index contributed by atoms with van der Waals surface area (Å²) in [5, 5.41) is 9.37. The van der Waals surface area contributed by atoms with Crippen molar-refractivity contribution in [1.82, 2.24) is 4.90 Å². The van der Waals surface area contributed by atoms with Crippen LogP contribution < -0.4 is 4.74 Å². The summed E-state index contributed by atoms with van der Waals surface area (Å²) in [6, 6.07) is 6.62. The van der Waals surface area contributed by atoms with Crippen molar-refractivity contribution in [3.05, 3.63) is 24.3 Å². The Labute approximate surface area is 127 Å². The first kappa shape index (κ1) is 15.5. The molecule has 1 N–H and O–H groups in total. The minimum absolute atomic E-state index is 0.0452. The van der Waals surface area contributed by atoms with E-state index in [0.29, 0.717) is 12.3 Å². The zero-order valence-corrected chi connectivity index (χ0v) is 12.5. The third-order valence-electron chi connectivity index (χ3n) is 2.95. The summed E-state index contributed by atoms with van der Waals surface area (Å²) < 4.78 is 10.3. The maximum Gasteiger partial charge on any atom is 0.397 e. The van der Waals surface area contributed by atoms with Gasteiger partial charge in [0.25, 0.3) is 0 Å². The Morgan fingerprint density at radius 3 is 2.90 bits per heavy atom. The van der Waals surface area contributed by atoms with E-state index in [1.165, 1.54) is 22.7 Å². The molecule has 1 atom stereocenters. The van der Waals surface area contributed by atoms with Gasteiger partial charge in [0.1, 0.15) is 12.0 Å². The molecule has 6 nitrogen and oxygen atoms in total. The summed E-state index contributed by atoms with van der Waals surface area (Å²) in [7, 11) is 0. The molecule has 2 rings (SSSR count). The van der Waals surface area contributed by atoms with Crippen LogP contribution in [-0.4, -0.2) is 52.8 Å². The van der Waals surface area contributed by atoms with E-state index in [1.54, 1.807) is 25.1 Å². The number of rotatable bonds is 4. The van der Waals surface area contributed by atoms with E-state index in [9.17, 15) is 14.7 Å². The number of hydrogen-bond acceptors (Lipinski definition) is 6. The predicted octanol–water partition coefficient (Wildman–Crippen LogP) is 1.24. The summed E-state index contributed by atoms with van der Waals surface area (Å²) in [4.78, 5) is 24.9. The lowest BCUT2D eigenvalue weighted by atomic mass is 10.3. The summed E-state index contributed by atoms with van der Waals surface area (Å²) in [6.45, 7) is 2.51. The summed E-state index contributed by atoms with van der Waals surface area (Å²) in [6.07, 6.45) is 0. The van der Waals surface area contributed by atoms with Gasteiger partial charge in [-0.05, 0) is 19.1 Å². The molecule has 1 aliphatic heterocycles. The molecule has 0 spiro atoms. The Morgan fingerprint density at radius 2 is 2.19 bits per heavy atom. The van der Waals surface area contributed by atoms with Crippen molar-refractivity contribution in [1.29, 1.82) is 0 Å². The number of aromatic hydroxyl groups is 1. The molecule has 1 unspecified atom stereocenters. The van der Waals surface area contributed by atoms with E-state index in [0.717, 1.165) is 5.75 Å². The predicted molar refractivity (Wildman–Crippen MR) is 78.2 cm³/mol. The highest BCUT2D eigenvalue weighted by Gasteiger charge is 2.34. The third-order valence-corrected chi connectivity index (χ3v) is 4.14. The second-order valence-electron chi connectivity index (χ2n) is 4.32. The molecule has 0 saturated carbocycles. The second-order valence-corrected chi connectivity index (χ2v) is 5.61. The number of benzene rings is 1. The van der Waals surface area contributed by atoms with Crippen LogP contribution in [0.5, 0.6) is 11.5 Å². The summed E-state index contributed by atoms with van der Waals surface area (Å²) >= 11 is 1.53. The fraction of sp³-hybridized carbons (Fsp3) is 0.429. The van der Waals surface area contributed by atoms with E-state index >= 15 is 0 Å². The van der Waals surface area contributed by atoms with Crippen LogP contribution in [0.2, 0.25) is 0 Å². The highest BCUT2D eigenvalue weighted by Crippen LogP contribution is 2.28. The molecule has 0 aromatic heterocycles. The van der Waals surface area contributed by atoms with Crippen LogP contribution in [0.15, 0.2) is 24.3 Å². The molecule has 1 aromatic carbocycles. The van der Waals surface area contributed by atoms with Crippen molar-refractivity contribution in [2.24, 2.45) is 0 Å². The number of hydrogen-bond donors (Lipinski definition) is 1. The number of thioether (sulfide) groups is 1. The van der Waals surface area contributed by atoms with Gasteiger partial charge < -0.3 is 19.5 Å². The first-order chi connectivity index (χ1) is 10.1. The SMILES string of the molecule is CCOC(=O)C(=O)N1CCSC1COc1ccccc1O. The molecule has 1 saturated heterocycles. The van der Waals surface area contributed by atoms with E-state index in [2.05, 4.69) is 0 Å². The molecule has 1 aromatic rings.